The molecular formula is C65H112NO8P. The highest BCUT2D eigenvalue weighted by molar-refractivity contribution is 7.47. The number of nitrogens with two attached hydrogens (primary N) is 1. The normalized spacial score (nSPS) is 13.8. The first-order chi connectivity index (χ1) is 36.8. The molecule has 75 heavy (non-hydrogen) atoms. The van der Waals surface area contributed by atoms with Crippen molar-refractivity contribution in [2.45, 2.75) is 264 Å². The SMILES string of the molecule is CC/C=C\C/C=C\C/C=C\C/C=C\C/C=C\C/C=C\C/C=C\CCCCCCCCCCCCCCCC(=O)OC(COC(=O)CCCCCCCCCCC/C=C\C/C=C\CCCCC)COP(=O)(O)OCCN. The van der Waals surface area contributed by atoms with Gasteiger partial charge in [0.1, 0.15) is 6.61 Å². The molecule has 0 saturated carbocycles. The number of allylic oxidation sites excluding steroid dienone is 18. The molecule has 0 amide bonds. The maximum atomic E-state index is 12.7. The molecule has 0 aromatic rings. The minimum atomic E-state index is -4.39. The molecule has 2 atom stereocenters. The summed E-state index contributed by atoms with van der Waals surface area (Å²) in [5.41, 5.74) is 5.38. The molecule has 0 aromatic heterocycles. The molecule has 0 aliphatic heterocycles. The Balaban J connectivity index is 3.95. The molecule has 0 fully saturated rings. The fraction of sp³-hybridized carbons (Fsp3) is 0.692. The lowest BCUT2D eigenvalue weighted by atomic mass is 10.0. The van der Waals surface area contributed by atoms with Crippen LogP contribution in [-0.2, 0) is 32.7 Å². The fourth-order valence-corrected chi connectivity index (χ4v) is 8.94. The summed E-state index contributed by atoms with van der Waals surface area (Å²) >= 11 is 0. The number of unbranched alkanes of at least 4 members (excludes halogenated alkanes) is 25. The van der Waals surface area contributed by atoms with Crippen molar-refractivity contribution in [2.24, 2.45) is 5.73 Å². The monoisotopic (exact) mass is 1070 g/mol. The molecule has 10 heteroatoms. The number of ether oxygens (including phenoxy) is 2. The minimum absolute atomic E-state index is 0.0487. The van der Waals surface area contributed by atoms with Crippen molar-refractivity contribution in [3.8, 4) is 0 Å². The zero-order valence-electron chi connectivity index (χ0n) is 48.0. The molecular weight excluding hydrogens is 954 g/mol. The van der Waals surface area contributed by atoms with Gasteiger partial charge in [-0.25, -0.2) is 4.57 Å². The summed E-state index contributed by atoms with van der Waals surface area (Å²) in [5.74, 6) is -0.834. The van der Waals surface area contributed by atoms with Gasteiger partial charge in [0.25, 0.3) is 0 Å². The van der Waals surface area contributed by atoms with E-state index in [0.717, 1.165) is 103 Å². The largest absolute Gasteiger partial charge is 0.472 e. The Bertz CT molecular complexity index is 1590. The summed E-state index contributed by atoms with van der Waals surface area (Å²) < 4.78 is 33.1. The van der Waals surface area contributed by atoms with E-state index in [-0.39, 0.29) is 38.6 Å². The van der Waals surface area contributed by atoms with Crippen molar-refractivity contribution in [1.82, 2.24) is 0 Å². The van der Waals surface area contributed by atoms with Crippen LogP contribution in [0.2, 0.25) is 0 Å². The van der Waals surface area contributed by atoms with Gasteiger partial charge in [-0.05, 0) is 103 Å². The van der Waals surface area contributed by atoms with Gasteiger partial charge in [-0.1, -0.05) is 252 Å². The van der Waals surface area contributed by atoms with Crippen LogP contribution in [-0.4, -0.2) is 49.3 Å². The first-order valence-electron chi connectivity index (χ1n) is 30.4. The van der Waals surface area contributed by atoms with Gasteiger partial charge in [0.05, 0.1) is 13.2 Å². The number of rotatable bonds is 56. The second-order valence-corrected chi connectivity index (χ2v) is 21.3. The Morgan fingerprint density at radius 2 is 0.733 bits per heavy atom. The lowest BCUT2D eigenvalue weighted by Crippen LogP contribution is -2.29. The van der Waals surface area contributed by atoms with E-state index in [1.54, 1.807) is 0 Å². The molecule has 0 aliphatic carbocycles. The van der Waals surface area contributed by atoms with E-state index < -0.39 is 26.5 Å². The number of hydrogen-bond donors (Lipinski definition) is 2. The second kappa shape index (κ2) is 59.9. The topological polar surface area (TPSA) is 134 Å². The average molecular weight is 1070 g/mol. The average Bonchev–Trinajstić information content (AvgIpc) is 3.40. The summed E-state index contributed by atoms with van der Waals surface area (Å²) in [7, 11) is -4.39. The van der Waals surface area contributed by atoms with Crippen LogP contribution in [0.5, 0.6) is 0 Å². The quantitative estimate of drug-likeness (QED) is 0.0264. The lowest BCUT2D eigenvalue weighted by molar-refractivity contribution is -0.161. The van der Waals surface area contributed by atoms with E-state index in [9.17, 15) is 19.0 Å². The highest BCUT2D eigenvalue weighted by Crippen LogP contribution is 2.43. The molecule has 0 heterocycles. The molecule has 0 aromatic carbocycles. The Hall–Kier alpha value is -3.33. The van der Waals surface area contributed by atoms with Crippen molar-refractivity contribution < 1.29 is 37.6 Å². The molecule has 0 rings (SSSR count). The maximum absolute atomic E-state index is 12.7. The van der Waals surface area contributed by atoms with Gasteiger partial charge < -0.3 is 20.1 Å². The zero-order chi connectivity index (χ0) is 54.5. The summed E-state index contributed by atoms with van der Waals surface area (Å²) in [6, 6.07) is 0. The lowest BCUT2D eigenvalue weighted by Gasteiger charge is -2.19. The van der Waals surface area contributed by atoms with E-state index >= 15 is 0 Å². The van der Waals surface area contributed by atoms with Crippen LogP contribution in [0.4, 0.5) is 0 Å². The number of hydrogen-bond acceptors (Lipinski definition) is 8. The van der Waals surface area contributed by atoms with Crippen molar-refractivity contribution in [2.75, 3.05) is 26.4 Å². The highest BCUT2D eigenvalue weighted by atomic mass is 31.2. The van der Waals surface area contributed by atoms with Crippen molar-refractivity contribution >= 4 is 19.8 Å². The predicted molar refractivity (Wildman–Crippen MR) is 321 cm³/mol. The maximum Gasteiger partial charge on any atom is 0.472 e. The van der Waals surface area contributed by atoms with Crippen LogP contribution in [0.1, 0.15) is 258 Å². The Morgan fingerprint density at radius 1 is 0.413 bits per heavy atom. The third-order valence-corrected chi connectivity index (χ3v) is 13.6. The van der Waals surface area contributed by atoms with Gasteiger partial charge >= 0.3 is 19.8 Å². The molecule has 2 unspecified atom stereocenters. The zero-order valence-corrected chi connectivity index (χ0v) is 48.9. The predicted octanol–water partition coefficient (Wildman–Crippen LogP) is 19.4. The Labute approximate surface area is 460 Å². The molecule has 430 valence electrons. The summed E-state index contributed by atoms with van der Waals surface area (Å²) in [6.07, 6.45) is 81.4. The number of carbonyl (C=O) groups is 2. The molecule has 0 bridgehead atoms. The van der Waals surface area contributed by atoms with Crippen LogP contribution in [0, 0.1) is 0 Å². The molecule has 0 radical (unpaired) electrons. The highest BCUT2D eigenvalue weighted by Gasteiger charge is 2.26. The number of esters is 2. The van der Waals surface area contributed by atoms with Crippen LogP contribution in [0.3, 0.4) is 0 Å². The van der Waals surface area contributed by atoms with Crippen molar-refractivity contribution in [3.05, 3.63) is 109 Å². The van der Waals surface area contributed by atoms with E-state index in [4.69, 9.17) is 24.3 Å². The van der Waals surface area contributed by atoms with E-state index in [2.05, 4.69) is 123 Å². The van der Waals surface area contributed by atoms with Crippen molar-refractivity contribution in [3.63, 3.8) is 0 Å². The molecule has 0 saturated heterocycles. The van der Waals surface area contributed by atoms with E-state index in [0.29, 0.717) is 6.42 Å². The molecule has 0 spiro atoms. The number of phosphoric acid groups is 1. The number of carbonyl (C=O) groups excluding carboxylic acids is 2. The molecule has 9 nitrogen and oxygen atoms in total. The smallest absolute Gasteiger partial charge is 0.462 e. The summed E-state index contributed by atoms with van der Waals surface area (Å²) in [4.78, 5) is 35.2. The third kappa shape index (κ3) is 59.8. The van der Waals surface area contributed by atoms with Gasteiger partial charge in [0.15, 0.2) is 6.10 Å². The first-order valence-corrected chi connectivity index (χ1v) is 31.9. The van der Waals surface area contributed by atoms with Crippen LogP contribution < -0.4 is 5.73 Å². The third-order valence-electron chi connectivity index (χ3n) is 12.6. The fourth-order valence-electron chi connectivity index (χ4n) is 8.18. The minimum Gasteiger partial charge on any atom is -0.462 e. The van der Waals surface area contributed by atoms with Gasteiger partial charge in [0, 0.05) is 19.4 Å². The van der Waals surface area contributed by atoms with E-state index in [1.165, 1.54) is 122 Å². The van der Waals surface area contributed by atoms with Crippen LogP contribution in [0.25, 0.3) is 0 Å². The first kappa shape index (κ1) is 71.7. The number of phosphoric ester groups is 1. The van der Waals surface area contributed by atoms with E-state index in [1.807, 2.05) is 0 Å². The van der Waals surface area contributed by atoms with Gasteiger partial charge in [-0.15, -0.1) is 0 Å². The summed E-state index contributed by atoms with van der Waals surface area (Å²) in [6.45, 7) is 3.61. The van der Waals surface area contributed by atoms with Crippen LogP contribution in [0.15, 0.2) is 109 Å². The van der Waals surface area contributed by atoms with Gasteiger partial charge in [-0.3, -0.25) is 18.6 Å². The standard InChI is InChI=1S/C65H112NO8P/c1-3-5-7-9-11-13-15-17-19-21-23-24-25-26-27-28-29-30-31-32-33-34-35-36-37-38-40-42-44-46-48-50-52-54-56-58-65(68)74-63(62-73-75(69,70)72-60-59-66)61-71-64(67)57-55-53-51-49-47-45-43-41-39-22-20-18-16-14-12-10-8-6-4-2/h5,7,11-14,17-20,23-24,26-27,29-30,32-33,63H,3-4,6,8-10,15-16,21-22,25,28,31,34-62,66H2,1-2H3,(H,69,70)/b7-5-,13-11-,14-12-,19-17-,20-18-,24-23-,27-26-,30-29-,33-32-. The second-order valence-electron chi connectivity index (χ2n) is 19.8. The van der Waals surface area contributed by atoms with Gasteiger partial charge in [0.2, 0.25) is 0 Å². The van der Waals surface area contributed by atoms with Crippen molar-refractivity contribution in [1.29, 1.82) is 0 Å². The van der Waals surface area contributed by atoms with Gasteiger partial charge in [-0.2, -0.15) is 0 Å². The van der Waals surface area contributed by atoms with Crippen LogP contribution >= 0.6 is 7.82 Å². The molecule has 0 aliphatic rings. The summed E-state index contributed by atoms with van der Waals surface area (Å²) in [5, 5.41) is 0. The molecule has 3 N–H and O–H groups in total. The Morgan fingerprint density at radius 3 is 1.09 bits per heavy atom. The Kier molecular flexibility index (Phi) is 57.2.